The van der Waals surface area contributed by atoms with Crippen molar-refractivity contribution in [2.75, 3.05) is 7.11 Å². The van der Waals surface area contributed by atoms with E-state index in [0.29, 0.717) is 12.8 Å². The van der Waals surface area contributed by atoms with Gasteiger partial charge in [-0.15, -0.1) is 0 Å². The molecule has 2 rings (SSSR count). The Morgan fingerprint density at radius 3 is 2.76 bits per heavy atom. The van der Waals surface area contributed by atoms with E-state index >= 15 is 0 Å². The molecule has 1 aromatic rings. The van der Waals surface area contributed by atoms with Gasteiger partial charge in [-0.3, -0.25) is 0 Å². The lowest BCUT2D eigenvalue weighted by atomic mass is 10.0. The smallest absolute Gasteiger partial charge is 0.235 e. The number of isocyanates is 1. The number of methoxy groups -OCH3 is 1. The molecule has 1 saturated carbocycles. The monoisotopic (exact) mass is 257 g/mol. The largest absolute Gasteiger partial charge is 0.504 e. The summed E-state index contributed by atoms with van der Waals surface area (Å²) in [7, 11) is 1.25. The summed E-state index contributed by atoms with van der Waals surface area (Å²) in [4.78, 5) is 13.9. The Kier molecular flexibility index (Phi) is 2.81. The van der Waals surface area contributed by atoms with Crippen LogP contribution in [-0.4, -0.2) is 18.3 Å². The fourth-order valence-electron chi connectivity index (χ4n) is 1.78. The number of hydrogen-bond acceptors (Lipinski definition) is 4. The number of rotatable bonds is 3. The van der Waals surface area contributed by atoms with Crippen LogP contribution in [0.2, 0.25) is 5.02 Å². The summed E-state index contributed by atoms with van der Waals surface area (Å²) in [5.41, 5.74) is -0.674. The van der Waals surface area contributed by atoms with Gasteiger partial charge in [-0.25, -0.2) is 4.79 Å². The fourth-order valence-corrected chi connectivity index (χ4v) is 2.05. The normalized spacial score (nSPS) is 16.2. The minimum Gasteiger partial charge on any atom is -0.504 e. The molecule has 0 amide bonds. The summed E-state index contributed by atoms with van der Waals surface area (Å²) >= 11 is 5.82. The van der Waals surface area contributed by atoms with E-state index in [1.807, 2.05) is 0 Å². The van der Waals surface area contributed by atoms with Crippen LogP contribution in [0.3, 0.4) is 0 Å². The van der Waals surface area contributed by atoms with E-state index in [1.165, 1.54) is 19.3 Å². The zero-order chi connectivity index (χ0) is 12.6. The summed E-state index contributed by atoms with van der Waals surface area (Å²) in [6, 6.07) is 1.37. The summed E-state index contributed by atoms with van der Waals surface area (Å²) in [6.07, 6.45) is 2.54. The van der Waals surface area contributed by atoms with Gasteiger partial charge in [-0.05, 0) is 18.9 Å². The molecule has 0 unspecified atom stereocenters. The molecular formula is C11H9ClFNO3. The SMILES string of the molecule is COc1c(Cl)cc(C2(N=C=O)CC2)c(O)c1F. The van der Waals surface area contributed by atoms with Gasteiger partial charge in [0, 0.05) is 5.56 Å². The highest BCUT2D eigenvalue weighted by Gasteiger charge is 2.48. The number of aliphatic imine (C=N–C) groups is 1. The Labute approximate surface area is 102 Å². The third-order valence-electron chi connectivity index (χ3n) is 2.84. The lowest BCUT2D eigenvalue weighted by Crippen LogP contribution is -2.05. The third kappa shape index (κ3) is 1.77. The summed E-state index contributed by atoms with van der Waals surface area (Å²) in [5, 5.41) is 9.77. The van der Waals surface area contributed by atoms with Crippen LogP contribution in [0.1, 0.15) is 18.4 Å². The number of phenolic OH excluding ortho intramolecular Hbond substituents is 1. The lowest BCUT2D eigenvalue weighted by molar-refractivity contribution is 0.360. The van der Waals surface area contributed by atoms with Gasteiger partial charge < -0.3 is 9.84 Å². The first-order chi connectivity index (χ1) is 8.05. The molecule has 0 saturated heterocycles. The van der Waals surface area contributed by atoms with E-state index in [0.717, 1.165) is 0 Å². The van der Waals surface area contributed by atoms with Gasteiger partial charge in [-0.1, -0.05) is 11.6 Å². The van der Waals surface area contributed by atoms with Crippen molar-refractivity contribution < 1.29 is 19.0 Å². The van der Waals surface area contributed by atoms with Gasteiger partial charge in [0.25, 0.3) is 0 Å². The molecule has 6 heteroatoms. The fraction of sp³-hybridized carbons (Fsp3) is 0.364. The Hall–Kier alpha value is -1.58. The molecule has 1 aliphatic carbocycles. The van der Waals surface area contributed by atoms with Crippen molar-refractivity contribution in [1.82, 2.24) is 0 Å². The number of aromatic hydroxyl groups is 1. The second-order valence-corrected chi connectivity index (χ2v) is 4.24. The van der Waals surface area contributed by atoms with Crippen molar-refractivity contribution >= 4 is 17.7 Å². The number of ether oxygens (including phenoxy) is 1. The molecule has 0 bridgehead atoms. The molecule has 0 aliphatic heterocycles. The van der Waals surface area contributed by atoms with Crippen LogP contribution in [0.5, 0.6) is 11.5 Å². The molecule has 17 heavy (non-hydrogen) atoms. The summed E-state index contributed by atoms with van der Waals surface area (Å²) in [5.74, 6) is -1.75. The van der Waals surface area contributed by atoms with Crippen LogP contribution < -0.4 is 4.74 Å². The summed E-state index contributed by atoms with van der Waals surface area (Å²) in [6.45, 7) is 0. The first kappa shape index (κ1) is 11.9. The molecule has 1 aliphatic rings. The van der Waals surface area contributed by atoms with Gasteiger partial charge in [0.05, 0.1) is 12.1 Å². The van der Waals surface area contributed by atoms with Crippen molar-refractivity contribution in [1.29, 1.82) is 0 Å². The van der Waals surface area contributed by atoms with Crippen LogP contribution in [0.4, 0.5) is 4.39 Å². The maximum absolute atomic E-state index is 13.7. The number of halogens is 2. The molecule has 0 atom stereocenters. The molecular weight excluding hydrogens is 249 g/mol. The van der Waals surface area contributed by atoms with E-state index in [1.54, 1.807) is 0 Å². The molecule has 4 nitrogen and oxygen atoms in total. The second kappa shape index (κ2) is 4.02. The molecule has 1 N–H and O–H groups in total. The Morgan fingerprint density at radius 1 is 1.65 bits per heavy atom. The highest BCUT2D eigenvalue weighted by molar-refractivity contribution is 6.32. The Morgan fingerprint density at radius 2 is 2.29 bits per heavy atom. The highest BCUT2D eigenvalue weighted by atomic mass is 35.5. The van der Waals surface area contributed by atoms with E-state index in [2.05, 4.69) is 4.99 Å². The van der Waals surface area contributed by atoms with E-state index < -0.39 is 17.1 Å². The van der Waals surface area contributed by atoms with Crippen LogP contribution in [-0.2, 0) is 10.3 Å². The molecule has 1 aromatic carbocycles. The van der Waals surface area contributed by atoms with Crippen molar-refractivity contribution in [2.24, 2.45) is 4.99 Å². The molecule has 0 aromatic heterocycles. The van der Waals surface area contributed by atoms with Gasteiger partial charge in [0.1, 0.15) is 5.54 Å². The van der Waals surface area contributed by atoms with Crippen LogP contribution in [0.15, 0.2) is 11.1 Å². The second-order valence-electron chi connectivity index (χ2n) is 3.84. The standard InChI is InChI=1S/C11H9ClFNO3/c1-17-10-7(12)4-6(9(16)8(10)13)11(2-3-11)14-5-15/h4,16H,2-3H2,1H3. The van der Waals surface area contributed by atoms with E-state index in [-0.39, 0.29) is 16.3 Å². The van der Waals surface area contributed by atoms with Crippen LogP contribution >= 0.6 is 11.6 Å². The predicted molar refractivity (Wildman–Crippen MR) is 58.7 cm³/mol. The van der Waals surface area contributed by atoms with Crippen molar-refractivity contribution in [3.63, 3.8) is 0 Å². The first-order valence-corrected chi connectivity index (χ1v) is 5.28. The Bertz CT molecular complexity index is 522. The molecule has 90 valence electrons. The predicted octanol–water partition coefficient (Wildman–Crippen LogP) is 2.52. The Balaban J connectivity index is 2.61. The number of carbonyl (C=O) groups excluding carboxylic acids is 1. The van der Waals surface area contributed by atoms with Gasteiger partial charge >= 0.3 is 0 Å². The molecule has 0 spiro atoms. The van der Waals surface area contributed by atoms with Gasteiger partial charge in [-0.2, -0.15) is 9.38 Å². The van der Waals surface area contributed by atoms with Crippen molar-refractivity contribution in [3.05, 3.63) is 22.5 Å². The van der Waals surface area contributed by atoms with Crippen molar-refractivity contribution in [3.8, 4) is 11.5 Å². The van der Waals surface area contributed by atoms with E-state index in [9.17, 15) is 14.3 Å². The number of benzene rings is 1. The van der Waals surface area contributed by atoms with E-state index in [4.69, 9.17) is 16.3 Å². The first-order valence-electron chi connectivity index (χ1n) is 4.90. The highest BCUT2D eigenvalue weighted by Crippen LogP contribution is 2.54. The van der Waals surface area contributed by atoms with Gasteiger partial charge in [0.2, 0.25) is 11.9 Å². The zero-order valence-electron chi connectivity index (χ0n) is 8.96. The number of hydrogen-bond donors (Lipinski definition) is 1. The average molecular weight is 258 g/mol. The number of nitrogens with zero attached hydrogens (tertiary/aromatic N) is 1. The molecule has 1 fully saturated rings. The van der Waals surface area contributed by atoms with Crippen molar-refractivity contribution in [2.45, 2.75) is 18.4 Å². The maximum Gasteiger partial charge on any atom is 0.235 e. The summed E-state index contributed by atoms with van der Waals surface area (Å²) < 4.78 is 18.5. The average Bonchev–Trinajstić information content (AvgIpc) is 3.05. The maximum atomic E-state index is 13.7. The molecule has 0 heterocycles. The molecule has 0 radical (unpaired) electrons. The minimum atomic E-state index is -0.942. The van der Waals surface area contributed by atoms with Crippen LogP contribution in [0.25, 0.3) is 0 Å². The quantitative estimate of drug-likeness (QED) is 0.669. The van der Waals surface area contributed by atoms with Gasteiger partial charge in [0.15, 0.2) is 11.5 Å². The minimum absolute atomic E-state index is 0.0326. The lowest BCUT2D eigenvalue weighted by Gasteiger charge is -2.14. The zero-order valence-corrected chi connectivity index (χ0v) is 9.71. The van der Waals surface area contributed by atoms with Crippen LogP contribution in [0, 0.1) is 5.82 Å². The third-order valence-corrected chi connectivity index (χ3v) is 3.12. The topological polar surface area (TPSA) is 58.9 Å². The number of phenols is 1.